The monoisotopic (exact) mass is 374 g/mol. The summed E-state index contributed by atoms with van der Waals surface area (Å²) < 4.78 is 10.9. The van der Waals surface area contributed by atoms with Crippen LogP contribution in [0.25, 0.3) is 0 Å². The summed E-state index contributed by atoms with van der Waals surface area (Å²) in [7, 11) is 1.56. The zero-order chi connectivity index (χ0) is 18.7. The number of fused-ring (bicyclic) bond motifs is 1. The van der Waals surface area contributed by atoms with Crippen molar-refractivity contribution in [2.75, 3.05) is 32.1 Å². The van der Waals surface area contributed by atoms with Gasteiger partial charge < -0.3 is 19.7 Å². The molecule has 7 heteroatoms. The number of nitrogens with zero attached hydrogens (tertiary/aromatic N) is 1. The molecule has 26 heavy (non-hydrogen) atoms. The van der Waals surface area contributed by atoms with Gasteiger partial charge in [0, 0.05) is 18.3 Å². The highest BCUT2D eigenvalue weighted by Crippen LogP contribution is 2.38. The van der Waals surface area contributed by atoms with Gasteiger partial charge in [0.05, 0.1) is 11.6 Å². The minimum Gasteiger partial charge on any atom is -0.486 e. The SMILES string of the molecule is Cc1ccc(NC(=O)CN(C)C(=O)c2cc(Cl)c3c(c2)OCCO3)cc1. The summed E-state index contributed by atoms with van der Waals surface area (Å²) in [5.74, 6) is 0.259. The van der Waals surface area contributed by atoms with Crippen LogP contribution < -0.4 is 14.8 Å². The second-order valence-corrected chi connectivity index (χ2v) is 6.46. The van der Waals surface area contributed by atoms with Gasteiger partial charge in [-0.2, -0.15) is 0 Å². The van der Waals surface area contributed by atoms with Gasteiger partial charge in [-0.3, -0.25) is 9.59 Å². The summed E-state index contributed by atoms with van der Waals surface area (Å²) in [5.41, 5.74) is 2.12. The molecule has 136 valence electrons. The number of benzene rings is 2. The van der Waals surface area contributed by atoms with E-state index >= 15 is 0 Å². The Morgan fingerprint density at radius 2 is 1.85 bits per heavy atom. The first-order valence-electron chi connectivity index (χ1n) is 8.15. The Morgan fingerprint density at radius 1 is 1.15 bits per heavy atom. The van der Waals surface area contributed by atoms with Crippen LogP contribution in [0.4, 0.5) is 5.69 Å². The first-order valence-corrected chi connectivity index (χ1v) is 8.53. The molecule has 0 atom stereocenters. The van der Waals surface area contributed by atoms with E-state index in [1.807, 2.05) is 31.2 Å². The van der Waals surface area contributed by atoms with Crippen molar-refractivity contribution in [3.63, 3.8) is 0 Å². The number of anilines is 1. The highest BCUT2D eigenvalue weighted by Gasteiger charge is 2.22. The molecule has 0 aliphatic carbocycles. The maximum Gasteiger partial charge on any atom is 0.254 e. The number of rotatable bonds is 4. The zero-order valence-corrected chi connectivity index (χ0v) is 15.3. The van der Waals surface area contributed by atoms with E-state index in [9.17, 15) is 9.59 Å². The van der Waals surface area contributed by atoms with Gasteiger partial charge in [-0.15, -0.1) is 0 Å². The van der Waals surface area contributed by atoms with E-state index in [4.69, 9.17) is 21.1 Å². The first-order chi connectivity index (χ1) is 12.4. The van der Waals surface area contributed by atoms with Crippen molar-refractivity contribution >= 4 is 29.1 Å². The second-order valence-electron chi connectivity index (χ2n) is 6.06. The number of nitrogens with one attached hydrogen (secondary N) is 1. The fourth-order valence-electron chi connectivity index (χ4n) is 2.58. The van der Waals surface area contributed by atoms with E-state index in [2.05, 4.69) is 5.32 Å². The maximum atomic E-state index is 12.6. The Hall–Kier alpha value is -2.73. The van der Waals surface area contributed by atoms with E-state index in [-0.39, 0.29) is 18.4 Å². The number of carbonyl (C=O) groups excluding carboxylic acids is 2. The van der Waals surface area contributed by atoms with Crippen molar-refractivity contribution in [2.45, 2.75) is 6.92 Å². The van der Waals surface area contributed by atoms with Crippen LogP contribution in [0.2, 0.25) is 5.02 Å². The van der Waals surface area contributed by atoms with Gasteiger partial charge in [0.15, 0.2) is 11.5 Å². The predicted octanol–water partition coefficient (Wildman–Crippen LogP) is 3.13. The van der Waals surface area contributed by atoms with Crippen molar-refractivity contribution in [1.29, 1.82) is 0 Å². The fraction of sp³-hybridized carbons (Fsp3) is 0.263. The molecule has 2 aromatic rings. The average Bonchev–Trinajstić information content (AvgIpc) is 2.63. The van der Waals surface area contributed by atoms with Crippen LogP contribution in [0, 0.1) is 6.92 Å². The van der Waals surface area contributed by atoms with Crippen LogP contribution in [0.3, 0.4) is 0 Å². The topological polar surface area (TPSA) is 67.9 Å². The molecule has 1 heterocycles. The number of carbonyl (C=O) groups is 2. The second kappa shape index (κ2) is 7.66. The van der Waals surface area contributed by atoms with Crippen molar-refractivity contribution in [3.8, 4) is 11.5 Å². The number of halogens is 1. The zero-order valence-electron chi connectivity index (χ0n) is 14.5. The summed E-state index contributed by atoms with van der Waals surface area (Å²) in [6.07, 6.45) is 0. The Labute approximate surface area is 156 Å². The lowest BCUT2D eigenvalue weighted by Gasteiger charge is -2.22. The minimum atomic E-state index is -0.331. The van der Waals surface area contributed by atoms with Gasteiger partial charge in [-0.05, 0) is 31.2 Å². The molecule has 6 nitrogen and oxygen atoms in total. The van der Waals surface area contributed by atoms with Crippen LogP contribution in [0.15, 0.2) is 36.4 Å². The van der Waals surface area contributed by atoms with Crippen LogP contribution in [-0.4, -0.2) is 43.5 Å². The molecule has 0 fully saturated rings. The highest BCUT2D eigenvalue weighted by molar-refractivity contribution is 6.32. The van der Waals surface area contributed by atoms with E-state index in [1.165, 1.54) is 11.0 Å². The molecule has 0 spiro atoms. The number of likely N-dealkylation sites (N-methyl/N-ethyl adjacent to an activating group) is 1. The van der Waals surface area contributed by atoms with Crippen molar-refractivity contribution in [3.05, 3.63) is 52.5 Å². The third-order valence-electron chi connectivity index (χ3n) is 3.91. The van der Waals surface area contributed by atoms with Gasteiger partial charge in [0.25, 0.3) is 5.91 Å². The molecule has 1 N–H and O–H groups in total. The predicted molar refractivity (Wildman–Crippen MR) is 99.2 cm³/mol. The van der Waals surface area contributed by atoms with Crippen molar-refractivity contribution in [1.82, 2.24) is 4.90 Å². The van der Waals surface area contributed by atoms with E-state index in [1.54, 1.807) is 13.1 Å². The molecule has 0 saturated heterocycles. The van der Waals surface area contributed by atoms with Crippen LogP contribution >= 0.6 is 11.6 Å². The molecular formula is C19H19ClN2O4. The highest BCUT2D eigenvalue weighted by atomic mass is 35.5. The molecule has 0 radical (unpaired) electrons. The summed E-state index contributed by atoms with van der Waals surface area (Å²) >= 11 is 6.17. The molecule has 0 unspecified atom stereocenters. The molecule has 3 rings (SSSR count). The molecule has 0 aromatic heterocycles. The Morgan fingerprint density at radius 3 is 2.58 bits per heavy atom. The minimum absolute atomic E-state index is 0.0846. The lowest BCUT2D eigenvalue weighted by Crippen LogP contribution is -2.35. The van der Waals surface area contributed by atoms with Crippen LogP contribution in [0.5, 0.6) is 11.5 Å². The molecule has 0 bridgehead atoms. The van der Waals surface area contributed by atoms with Crippen molar-refractivity contribution in [2.24, 2.45) is 0 Å². The molecule has 2 amide bonds. The average molecular weight is 375 g/mol. The quantitative estimate of drug-likeness (QED) is 0.892. The largest absolute Gasteiger partial charge is 0.486 e. The number of ether oxygens (including phenoxy) is 2. The van der Waals surface area contributed by atoms with Gasteiger partial charge in [-0.1, -0.05) is 29.3 Å². The summed E-state index contributed by atoms with van der Waals surface area (Å²) in [6.45, 7) is 2.70. The molecule has 1 aliphatic heterocycles. The Bertz CT molecular complexity index is 836. The maximum absolute atomic E-state index is 12.6. The Balaban J connectivity index is 1.66. The fourth-order valence-corrected chi connectivity index (χ4v) is 2.84. The summed E-state index contributed by atoms with van der Waals surface area (Å²) in [4.78, 5) is 26.1. The van der Waals surface area contributed by atoms with Gasteiger partial charge in [0.2, 0.25) is 5.91 Å². The Kier molecular flexibility index (Phi) is 5.32. The van der Waals surface area contributed by atoms with Crippen molar-refractivity contribution < 1.29 is 19.1 Å². The molecule has 2 aromatic carbocycles. The van der Waals surface area contributed by atoms with Gasteiger partial charge in [-0.25, -0.2) is 0 Å². The number of hydrogen-bond acceptors (Lipinski definition) is 4. The summed E-state index contributed by atoms with van der Waals surface area (Å²) in [5, 5.41) is 3.07. The molecular weight excluding hydrogens is 356 g/mol. The summed E-state index contributed by atoms with van der Waals surface area (Å²) in [6, 6.07) is 10.5. The lowest BCUT2D eigenvalue weighted by molar-refractivity contribution is -0.116. The number of hydrogen-bond donors (Lipinski definition) is 1. The first kappa shape index (κ1) is 18.1. The van der Waals surface area contributed by atoms with Gasteiger partial charge in [0.1, 0.15) is 13.2 Å². The smallest absolute Gasteiger partial charge is 0.254 e. The van der Waals surface area contributed by atoms with Crippen LogP contribution in [0.1, 0.15) is 15.9 Å². The third kappa shape index (κ3) is 4.08. The third-order valence-corrected chi connectivity index (χ3v) is 4.19. The lowest BCUT2D eigenvalue weighted by atomic mass is 10.1. The van der Waals surface area contributed by atoms with E-state index in [0.29, 0.717) is 41.0 Å². The van der Waals surface area contributed by atoms with Gasteiger partial charge >= 0.3 is 0 Å². The normalized spacial score (nSPS) is 12.4. The molecule has 1 aliphatic rings. The standard InChI is InChI=1S/C19H19ClN2O4/c1-12-3-5-14(6-4-12)21-17(23)11-22(2)19(24)13-9-15(20)18-16(10-13)25-7-8-26-18/h3-6,9-10H,7-8,11H2,1-2H3,(H,21,23). The van der Waals surface area contributed by atoms with E-state index < -0.39 is 0 Å². The van der Waals surface area contributed by atoms with Crippen LogP contribution in [-0.2, 0) is 4.79 Å². The number of aryl methyl sites for hydroxylation is 1. The van der Waals surface area contributed by atoms with E-state index in [0.717, 1.165) is 5.56 Å². The molecule has 0 saturated carbocycles. The number of amides is 2.